The molecule has 144 valence electrons. The number of carbonyl (C=O) groups excluding carboxylic acids is 1. The first-order valence-electron chi connectivity index (χ1n) is 10.4. The van der Waals surface area contributed by atoms with Gasteiger partial charge in [-0.2, -0.15) is 0 Å². The monoisotopic (exact) mass is 374 g/mol. The van der Waals surface area contributed by atoms with Gasteiger partial charge in [-0.3, -0.25) is 9.69 Å². The van der Waals surface area contributed by atoms with Crippen LogP contribution in [0.1, 0.15) is 36.0 Å². The minimum atomic E-state index is -0.0841. The summed E-state index contributed by atoms with van der Waals surface area (Å²) in [7, 11) is 0. The van der Waals surface area contributed by atoms with Crippen molar-refractivity contribution in [2.75, 3.05) is 25.0 Å². The number of benzene rings is 2. The maximum atomic E-state index is 12.7. The van der Waals surface area contributed by atoms with Crippen molar-refractivity contribution in [2.45, 2.75) is 38.1 Å². The van der Waals surface area contributed by atoms with Crippen molar-refractivity contribution in [1.29, 1.82) is 0 Å². The van der Waals surface area contributed by atoms with Gasteiger partial charge in [-0.1, -0.05) is 30.7 Å². The third-order valence-corrected chi connectivity index (χ3v) is 6.32. The Morgan fingerprint density at radius 1 is 1.04 bits per heavy atom. The van der Waals surface area contributed by atoms with Crippen LogP contribution in [0.5, 0.6) is 5.75 Å². The highest BCUT2D eigenvalue weighted by atomic mass is 16.5. The molecule has 0 saturated heterocycles. The van der Waals surface area contributed by atoms with Gasteiger partial charge in [0.1, 0.15) is 12.4 Å². The second-order valence-electron chi connectivity index (χ2n) is 8.05. The lowest BCUT2D eigenvalue weighted by molar-refractivity contribution is -0.113. The molecule has 0 atom stereocenters. The summed E-state index contributed by atoms with van der Waals surface area (Å²) in [4.78, 5) is 15.4. The summed E-state index contributed by atoms with van der Waals surface area (Å²) < 4.78 is 5.72. The second-order valence-corrected chi connectivity index (χ2v) is 8.05. The Labute approximate surface area is 166 Å². The van der Waals surface area contributed by atoms with Crippen molar-refractivity contribution in [2.24, 2.45) is 0 Å². The Bertz CT molecular complexity index is 930. The Hall–Kier alpha value is -2.59. The van der Waals surface area contributed by atoms with E-state index < -0.39 is 0 Å². The molecule has 1 saturated carbocycles. The predicted octanol–water partition coefficient (Wildman–Crippen LogP) is 4.05. The average Bonchev–Trinajstić information content (AvgIpc) is 2.89. The molecule has 28 heavy (non-hydrogen) atoms. The van der Waals surface area contributed by atoms with Crippen LogP contribution < -0.4 is 10.1 Å². The zero-order chi connectivity index (χ0) is 18.9. The number of amides is 1. The maximum Gasteiger partial charge on any atom is 0.255 e. The third kappa shape index (κ3) is 3.45. The van der Waals surface area contributed by atoms with Gasteiger partial charge in [0.15, 0.2) is 0 Å². The van der Waals surface area contributed by atoms with Gasteiger partial charge in [-0.25, -0.2) is 0 Å². The number of nitrogens with zero attached hydrogens (tertiary/aromatic N) is 1. The SMILES string of the molecule is O=C(Nc1ccc2c(c1)CCN(C1CCC1)CC2)C1=Cc2ccccc2OC1. The van der Waals surface area contributed by atoms with Crippen LogP contribution >= 0.6 is 0 Å². The van der Waals surface area contributed by atoms with Crippen molar-refractivity contribution >= 4 is 17.7 Å². The van der Waals surface area contributed by atoms with Gasteiger partial charge in [0.05, 0.1) is 5.57 Å². The highest BCUT2D eigenvalue weighted by molar-refractivity contribution is 6.07. The summed E-state index contributed by atoms with van der Waals surface area (Å²) in [5, 5.41) is 3.07. The fourth-order valence-corrected chi connectivity index (χ4v) is 4.40. The van der Waals surface area contributed by atoms with Gasteiger partial charge < -0.3 is 10.1 Å². The number of rotatable bonds is 3. The van der Waals surface area contributed by atoms with Crippen molar-refractivity contribution in [3.8, 4) is 5.75 Å². The quantitative estimate of drug-likeness (QED) is 0.881. The Morgan fingerprint density at radius 2 is 1.86 bits per heavy atom. The molecule has 2 aliphatic heterocycles. The highest BCUT2D eigenvalue weighted by Crippen LogP contribution is 2.29. The van der Waals surface area contributed by atoms with Gasteiger partial charge in [-0.05, 0) is 61.1 Å². The van der Waals surface area contributed by atoms with Crippen LogP contribution in [-0.2, 0) is 17.6 Å². The van der Waals surface area contributed by atoms with Gasteiger partial charge in [0.25, 0.3) is 5.91 Å². The van der Waals surface area contributed by atoms with E-state index in [0.29, 0.717) is 12.2 Å². The molecule has 0 bridgehead atoms. The van der Waals surface area contributed by atoms with E-state index in [0.717, 1.165) is 49.0 Å². The van der Waals surface area contributed by atoms with Crippen LogP contribution in [0.4, 0.5) is 5.69 Å². The molecule has 0 unspecified atom stereocenters. The normalized spacial score (nSPS) is 19.4. The smallest absolute Gasteiger partial charge is 0.255 e. The van der Waals surface area contributed by atoms with E-state index in [1.54, 1.807) is 0 Å². The van der Waals surface area contributed by atoms with E-state index in [1.807, 2.05) is 36.4 Å². The summed E-state index contributed by atoms with van der Waals surface area (Å²) in [5.41, 5.74) is 5.29. The largest absolute Gasteiger partial charge is 0.488 e. The number of anilines is 1. The topological polar surface area (TPSA) is 41.6 Å². The number of nitrogens with one attached hydrogen (secondary N) is 1. The molecule has 4 nitrogen and oxygen atoms in total. The molecule has 0 radical (unpaired) electrons. The van der Waals surface area contributed by atoms with E-state index in [1.165, 1.54) is 30.4 Å². The number of para-hydroxylation sites is 1. The molecular formula is C24H26N2O2. The Morgan fingerprint density at radius 3 is 2.68 bits per heavy atom. The minimum Gasteiger partial charge on any atom is -0.488 e. The summed E-state index contributed by atoms with van der Waals surface area (Å²) >= 11 is 0. The van der Waals surface area contributed by atoms with Crippen molar-refractivity contribution < 1.29 is 9.53 Å². The first-order valence-corrected chi connectivity index (χ1v) is 10.4. The molecule has 1 amide bonds. The zero-order valence-electron chi connectivity index (χ0n) is 16.1. The first-order chi connectivity index (χ1) is 13.8. The molecule has 1 N–H and O–H groups in total. The lowest BCUT2D eigenvalue weighted by Gasteiger charge is -2.36. The average molecular weight is 374 g/mol. The minimum absolute atomic E-state index is 0.0841. The zero-order valence-corrected chi connectivity index (χ0v) is 16.1. The predicted molar refractivity (Wildman–Crippen MR) is 112 cm³/mol. The molecule has 2 aromatic carbocycles. The lowest BCUT2D eigenvalue weighted by atomic mass is 9.91. The maximum absolute atomic E-state index is 12.7. The fourth-order valence-electron chi connectivity index (χ4n) is 4.40. The summed E-state index contributed by atoms with van der Waals surface area (Å²) in [6, 6.07) is 15.0. The summed E-state index contributed by atoms with van der Waals surface area (Å²) in [5.74, 6) is 0.749. The molecule has 2 heterocycles. The van der Waals surface area contributed by atoms with Crippen LogP contribution in [-0.4, -0.2) is 36.5 Å². The van der Waals surface area contributed by atoms with Crippen molar-refractivity contribution in [3.63, 3.8) is 0 Å². The Kier molecular flexibility index (Phi) is 4.65. The number of fused-ring (bicyclic) bond motifs is 2. The number of hydrogen-bond donors (Lipinski definition) is 1. The number of hydrogen-bond acceptors (Lipinski definition) is 3. The highest BCUT2D eigenvalue weighted by Gasteiger charge is 2.26. The standard InChI is InChI=1S/C24H26N2O2/c27-24(20-14-19-4-1-2-7-23(19)28-16-20)25-21-9-8-17-10-12-26(22-5-3-6-22)13-11-18(17)15-21/h1-2,4,7-9,14-15,22H,3,5-6,10-13,16H2,(H,25,27). The molecule has 1 aliphatic carbocycles. The summed E-state index contributed by atoms with van der Waals surface area (Å²) in [6.45, 7) is 2.60. The van der Waals surface area contributed by atoms with Crippen LogP contribution in [0.15, 0.2) is 48.0 Å². The van der Waals surface area contributed by atoms with Gasteiger partial charge in [-0.15, -0.1) is 0 Å². The lowest BCUT2D eigenvalue weighted by Crippen LogP contribution is -2.41. The van der Waals surface area contributed by atoms with Gasteiger partial charge in [0.2, 0.25) is 0 Å². The molecule has 3 aliphatic rings. The van der Waals surface area contributed by atoms with E-state index >= 15 is 0 Å². The molecule has 0 aromatic heterocycles. The molecule has 2 aromatic rings. The molecule has 0 spiro atoms. The van der Waals surface area contributed by atoms with E-state index in [2.05, 4.69) is 22.3 Å². The number of ether oxygens (including phenoxy) is 1. The molecule has 1 fully saturated rings. The second kappa shape index (κ2) is 7.44. The fraction of sp³-hybridized carbons (Fsp3) is 0.375. The van der Waals surface area contributed by atoms with Crippen LogP contribution in [0.2, 0.25) is 0 Å². The number of carbonyl (C=O) groups is 1. The van der Waals surface area contributed by atoms with E-state index in [-0.39, 0.29) is 5.91 Å². The Balaban J connectivity index is 1.29. The molecule has 5 rings (SSSR count). The van der Waals surface area contributed by atoms with Crippen LogP contribution in [0.3, 0.4) is 0 Å². The molecular weight excluding hydrogens is 348 g/mol. The van der Waals surface area contributed by atoms with Crippen LogP contribution in [0.25, 0.3) is 6.08 Å². The van der Waals surface area contributed by atoms with Crippen molar-refractivity contribution in [3.05, 3.63) is 64.7 Å². The third-order valence-electron chi connectivity index (χ3n) is 6.32. The van der Waals surface area contributed by atoms with E-state index in [9.17, 15) is 4.79 Å². The molecule has 4 heteroatoms. The van der Waals surface area contributed by atoms with Crippen molar-refractivity contribution in [1.82, 2.24) is 4.90 Å². The van der Waals surface area contributed by atoms with E-state index in [4.69, 9.17) is 4.74 Å². The van der Waals surface area contributed by atoms with Gasteiger partial charge in [0, 0.05) is 30.4 Å². The first kappa shape index (κ1) is 17.5. The summed E-state index contributed by atoms with van der Waals surface area (Å²) in [6.07, 6.45) is 8.20. The van der Waals surface area contributed by atoms with Gasteiger partial charge >= 0.3 is 0 Å². The van der Waals surface area contributed by atoms with Crippen LogP contribution in [0, 0.1) is 0 Å².